The third-order valence-corrected chi connectivity index (χ3v) is 2.24. The molecule has 0 aliphatic rings. The third kappa shape index (κ3) is 6.84. The molecular formula is C8H18O3P-. The van der Waals surface area contributed by atoms with Crippen LogP contribution >= 0.6 is 7.60 Å². The average molecular weight is 193 g/mol. The first-order chi connectivity index (χ1) is 5.49. The molecule has 0 saturated heterocycles. The monoisotopic (exact) mass is 193 g/mol. The second-order valence-electron chi connectivity index (χ2n) is 3.08. The Kier molecular flexibility index (Phi) is 5.81. The van der Waals surface area contributed by atoms with Gasteiger partial charge in [0.25, 0.3) is 0 Å². The van der Waals surface area contributed by atoms with Crippen molar-refractivity contribution in [3.05, 3.63) is 0 Å². The van der Waals surface area contributed by atoms with Crippen LogP contribution in [0.2, 0.25) is 0 Å². The van der Waals surface area contributed by atoms with E-state index in [0.29, 0.717) is 0 Å². The summed E-state index contributed by atoms with van der Waals surface area (Å²) < 4.78 is 15.7. The van der Waals surface area contributed by atoms with Crippen molar-refractivity contribution in [1.82, 2.24) is 0 Å². The standard InChI is InChI=1S/C8H19O3P/c1-4-6-8(7-5-2)11-12(3,9)10/h8H,4-7H2,1-3H3,(H,9,10)/p-1. The number of hydrogen-bond acceptors (Lipinski definition) is 3. The van der Waals surface area contributed by atoms with E-state index in [1.54, 1.807) is 0 Å². The zero-order valence-electron chi connectivity index (χ0n) is 8.08. The van der Waals surface area contributed by atoms with E-state index in [0.717, 1.165) is 32.3 Å². The van der Waals surface area contributed by atoms with Crippen LogP contribution < -0.4 is 4.89 Å². The molecule has 0 aromatic carbocycles. The van der Waals surface area contributed by atoms with Crippen molar-refractivity contribution >= 4 is 7.60 Å². The summed E-state index contributed by atoms with van der Waals surface area (Å²) >= 11 is 0. The zero-order valence-corrected chi connectivity index (χ0v) is 8.97. The van der Waals surface area contributed by atoms with E-state index >= 15 is 0 Å². The highest BCUT2D eigenvalue weighted by Gasteiger charge is 2.11. The molecular weight excluding hydrogens is 175 g/mol. The summed E-state index contributed by atoms with van der Waals surface area (Å²) in [4.78, 5) is 10.8. The minimum absolute atomic E-state index is 0.103. The van der Waals surface area contributed by atoms with Gasteiger partial charge in [0.05, 0.1) is 6.10 Å². The molecule has 1 atom stereocenters. The molecule has 0 aromatic heterocycles. The van der Waals surface area contributed by atoms with Gasteiger partial charge < -0.3 is 14.0 Å². The maximum absolute atomic E-state index is 10.8. The molecule has 0 bridgehead atoms. The van der Waals surface area contributed by atoms with Gasteiger partial charge in [-0.2, -0.15) is 0 Å². The van der Waals surface area contributed by atoms with Crippen LogP contribution in [0.15, 0.2) is 0 Å². The van der Waals surface area contributed by atoms with Crippen molar-refractivity contribution in [1.29, 1.82) is 0 Å². The lowest BCUT2D eigenvalue weighted by Crippen LogP contribution is -2.15. The average Bonchev–Trinajstić information content (AvgIpc) is 1.84. The Bertz CT molecular complexity index is 146. The van der Waals surface area contributed by atoms with Crippen molar-refractivity contribution in [3.63, 3.8) is 0 Å². The van der Waals surface area contributed by atoms with Crippen molar-refractivity contribution in [2.75, 3.05) is 6.66 Å². The van der Waals surface area contributed by atoms with E-state index in [4.69, 9.17) is 4.52 Å². The maximum Gasteiger partial charge on any atom is 0.132 e. The molecule has 74 valence electrons. The molecule has 0 radical (unpaired) electrons. The Morgan fingerprint density at radius 1 is 1.33 bits per heavy atom. The largest absolute Gasteiger partial charge is 0.779 e. The van der Waals surface area contributed by atoms with Gasteiger partial charge in [0.2, 0.25) is 0 Å². The van der Waals surface area contributed by atoms with Gasteiger partial charge in [-0.05, 0) is 12.8 Å². The maximum atomic E-state index is 10.8. The highest BCUT2D eigenvalue weighted by Crippen LogP contribution is 2.35. The van der Waals surface area contributed by atoms with Crippen molar-refractivity contribution < 1.29 is 14.0 Å². The second kappa shape index (κ2) is 5.74. The van der Waals surface area contributed by atoms with Gasteiger partial charge in [-0.15, -0.1) is 0 Å². The van der Waals surface area contributed by atoms with Crippen molar-refractivity contribution in [2.24, 2.45) is 0 Å². The fraction of sp³-hybridized carbons (Fsp3) is 1.00. The van der Waals surface area contributed by atoms with E-state index in [2.05, 4.69) is 0 Å². The van der Waals surface area contributed by atoms with Gasteiger partial charge in [0, 0.05) is 6.66 Å². The van der Waals surface area contributed by atoms with E-state index < -0.39 is 7.60 Å². The lowest BCUT2D eigenvalue weighted by Gasteiger charge is -2.25. The molecule has 0 aliphatic heterocycles. The third-order valence-electron chi connectivity index (χ3n) is 1.56. The first-order valence-corrected chi connectivity index (χ1v) is 6.45. The van der Waals surface area contributed by atoms with Gasteiger partial charge in [-0.25, -0.2) is 0 Å². The molecule has 0 heterocycles. The second-order valence-corrected chi connectivity index (χ2v) is 4.83. The minimum atomic E-state index is -3.53. The Balaban J connectivity index is 3.86. The lowest BCUT2D eigenvalue weighted by atomic mass is 10.1. The fourth-order valence-corrected chi connectivity index (χ4v) is 1.92. The molecule has 0 N–H and O–H groups in total. The summed E-state index contributed by atoms with van der Waals surface area (Å²) in [5.74, 6) is 0. The molecule has 0 rings (SSSR count). The summed E-state index contributed by atoms with van der Waals surface area (Å²) in [5, 5.41) is 0. The Morgan fingerprint density at radius 2 is 1.75 bits per heavy atom. The minimum Gasteiger partial charge on any atom is -0.779 e. The topological polar surface area (TPSA) is 49.4 Å². The van der Waals surface area contributed by atoms with Crippen LogP contribution in [0.3, 0.4) is 0 Å². The molecule has 0 spiro atoms. The van der Waals surface area contributed by atoms with Crippen LogP contribution in [0.5, 0.6) is 0 Å². The Morgan fingerprint density at radius 3 is 2.00 bits per heavy atom. The molecule has 0 saturated carbocycles. The van der Waals surface area contributed by atoms with Crippen LogP contribution in [0.4, 0.5) is 0 Å². The summed E-state index contributed by atoms with van der Waals surface area (Å²) in [6, 6.07) is 0. The van der Waals surface area contributed by atoms with Gasteiger partial charge in [0.1, 0.15) is 7.60 Å². The van der Waals surface area contributed by atoms with Crippen LogP contribution in [-0.4, -0.2) is 12.8 Å². The van der Waals surface area contributed by atoms with E-state index in [9.17, 15) is 9.46 Å². The van der Waals surface area contributed by atoms with Crippen LogP contribution in [0.25, 0.3) is 0 Å². The molecule has 4 heteroatoms. The lowest BCUT2D eigenvalue weighted by molar-refractivity contribution is -0.200. The fourth-order valence-electron chi connectivity index (χ4n) is 1.16. The van der Waals surface area contributed by atoms with Gasteiger partial charge in [-0.1, -0.05) is 26.7 Å². The molecule has 0 aliphatic carbocycles. The first kappa shape index (κ1) is 12.2. The zero-order chi connectivity index (χ0) is 9.61. The molecule has 1 unspecified atom stereocenters. The van der Waals surface area contributed by atoms with Gasteiger partial charge in [-0.3, -0.25) is 0 Å². The predicted octanol–water partition coefficient (Wildman–Crippen LogP) is 2.16. The van der Waals surface area contributed by atoms with E-state index in [-0.39, 0.29) is 6.10 Å². The number of rotatable bonds is 6. The summed E-state index contributed by atoms with van der Waals surface area (Å²) in [5.41, 5.74) is 0. The Labute approximate surface area is 74.7 Å². The SMILES string of the molecule is CCCC(CCC)OP(C)(=O)[O-]. The van der Waals surface area contributed by atoms with Crippen LogP contribution in [0, 0.1) is 0 Å². The predicted molar refractivity (Wildman–Crippen MR) is 48.2 cm³/mol. The highest BCUT2D eigenvalue weighted by atomic mass is 31.2. The van der Waals surface area contributed by atoms with Gasteiger partial charge >= 0.3 is 0 Å². The molecule has 0 fully saturated rings. The molecule has 0 aromatic rings. The quantitative estimate of drug-likeness (QED) is 0.607. The van der Waals surface area contributed by atoms with Crippen molar-refractivity contribution in [3.8, 4) is 0 Å². The summed E-state index contributed by atoms with van der Waals surface area (Å²) in [6.07, 6.45) is 3.48. The molecule has 0 amide bonds. The van der Waals surface area contributed by atoms with Crippen LogP contribution in [0.1, 0.15) is 39.5 Å². The Hall–Kier alpha value is 0.150. The first-order valence-electron chi connectivity index (χ1n) is 4.46. The highest BCUT2D eigenvalue weighted by molar-refractivity contribution is 7.50. The number of hydrogen-bond donors (Lipinski definition) is 0. The normalized spacial score (nSPS) is 16.4. The van der Waals surface area contributed by atoms with Crippen LogP contribution in [-0.2, 0) is 9.09 Å². The van der Waals surface area contributed by atoms with E-state index in [1.165, 1.54) is 0 Å². The molecule has 12 heavy (non-hydrogen) atoms. The summed E-state index contributed by atoms with van der Waals surface area (Å²) in [7, 11) is -3.53. The van der Waals surface area contributed by atoms with E-state index in [1.807, 2.05) is 13.8 Å². The smallest absolute Gasteiger partial charge is 0.132 e. The molecule has 3 nitrogen and oxygen atoms in total. The van der Waals surface area contributed by atoms with Crippen molar-refractivity contribution in [2.45, 2.75) is 45.6 Å². The van der Waals surface area contributed by atoms with Gasteiger partial charge in [0.15, 0.2) is 0 Å². The summed E-state index contributed by atoms with van der Waals surface area (Å²) in [6.45, 7) is 5.18.